The molecule has 1 aromatic carbocycles. The predicted octanol–water partition coefficient (Wildman–Crippen LogP) is 4.83. The zero-order valence-corrected chi connectivity index (χ0v) is 18.5. The molecule has 0 bridgehead atoms. The van der Waals surface area contributed by atoms with Gasteiger partial charge >= 0.3 is 6.18 Å². The lowest BCUT2D eigenvalue weighted by atomic mass is 10.0. The third kappa shape index (κ3) is 3.87. The first kappa shape index (κ1) is 22.3. The first-order valence-corrected chi connectivity index (χ1v) is 10.9. The summed E-state index contributed by atoms with van der Waals surface area (Å²) in [4.78, 5) is 15.2. The summed E-state index contributed by atoms with van der Waals surface area (Å²) in [6.45, 7) is 5.52. The highest BCUT2D eigenvalue weighted by Crippen LogP contribution is 2.39. The van der Waals surface area contributed by atoms with Gasteiger partial charge in [0.05, 0.1) is 10.9 Å². The van der Waals surface area contributed by atoms with E-state index in [1.807, 2.05) is 0 Å². The molecule has 4 heterocycles. The van der Waals surface area contributed by atoms with Crippen LogP contribution in [0.3, 0.4) is 0 Å². The van der Waals surface area contributed by atoms with Crippen LogP contribution in [-0.4, -0.2) is 44.7 Å². The summed E-state index contributed by atoms with van der Waals surface area (Å²) in [5, 5.41) is 3.98. The minimum Gasteiger partial charge on any atom is -0.350 e. The Balaban J connectivity index is 1.79. The summed E-state index contributed by atoms with van der Waals surface area (Å²) in [5.74, 6) is 0.193. The number of nitrogens with one attached hydrogen (secondary N) is 1. The molecule has 5 rings (SSSR count). The Morgan fingerprint density at radius 1 is 1.03 bits per heavy atom. The standard InChI is InChI=1S/C24H22F4N6/c1-14-11-33(15(2)10-30-14)22-21-18(17-5-3-4-6-19(17)25)12-34(23(21)32-13-31-22)20-9-16(7-8-29-20)24(26,27)28/h3-9,12-15,30H,10-11H2,1-2H3/t14-,15+/m1/s1. The van der Waals surface area contributed by atoms with Gasteiger partial charge in [0.2, 0.25) is 0 Å². The van der Waals surface area contributed by atoms with E-state index in [1.54, 1.807) is 24.4 Å². The average Bonchev–Trinajstić information content (AvgIpc) is 3.20. The smallest absolute Gasteiger partial charge is 0.350 e. The van der Waals surface area contributed by atoms with Crippen LogP contribution >= 0.6 is 0 Å². The quantitative estimate of drug-likeness (QED) is 0.435. The van der Waals surface area contributed by atoms with E-state index in [9.17, 15) is 17.6 Å². The van der Waals surface area contributed by atoms with Gasteiger partial charge in [0.25, 0.3) is 0 Å². The third-order valence-corrected chi connectivity index (χ3v) is 6.08. The van der Waals surface area contributed by atoms with Gasteiger partial charge in [-0.05, 0) is 32.0 Å². The van der Waals surface area contributed by atoms with Crippen molar-refractivity contribution in [3.8, 4) is 16.9 Å². The fraction of sp³-hybridized carbons (Fsp3) is 0.292. The highest BCUT2D eigenvalue weighted by molar-refractivity contribution is 6.02. The van der Waals surface area contributed by atoms with Crippen molar-refractivity contribution >= 4 is 16.9 Å². The van der Waals surface area contributed by atoms with E-state index in [1.165, 1.54) is 17.0 Å². The zero-order valence-electron chi connectivity index (χ0n) is 18.5. The lowest BCUT2D eigenvalue weighted by molar-refractivity contribution is -0.137. The van der Waals surface area contributed by atoms with Crippen LogP contribution in [0.1, 0.15) is 19.4 Å². The number of aromatic nitrogens is 4. The Bertz CT molecular complexity index is 1350. The van der Waals surface area contributed by atoms with Crippen molar-refractivity contribution in [3.63, 3.8) is 0 Å². The van der Waals surface area contributed by atoms with Crippen molar-refractivity contribution in [2.45, 2.75) is 32.1 Å². The number of pyridine rings is 1. The monoisotopic (exact) mass is 470 g/mol. The number of halogens is 4. The van der Waals surface area contributed by atoms with Gasteiger partial charge in [-0.25, -0.2) is 19.3 Å². The van der Waals surface area contributed by atoms with Crippen molar-refractivity contribution in [1.29, 1.82) is 0 Å². The predicted molar refractivity (Wildman–Crippen MR) is 121 cm³/mol. The number of benzene rings is 1. The maximum atomic E-state index is 14.9. The summed E-state index contributed by atoms with van der Waals surface area (Å²) in [6, 6.07) is 8.45. The number of nitrogens with zero attached hydrogens (tertiary/aromatic N) is 5. The molecule has 0 spiro atoms. The molecule has 0 amide bonds. The Hall–Kier alpha value is -3.53. The lowest BCUT2D eigenvalue weighted by Crippen LogP contribution is -2.54. The first-order chi connectivity index (χ1) is 16.2. The molecular weight excluding hydrogens is 448 g/mol. The van der Waals surface area contributed by atoms with E-state index < -0.39 is 17.6 Å². The van der Waals surface area contributed by atoms with Crippen molar-refractivity contribution in [2.24, 2.45) is 0 Å². The second-order valence-electron chi connectivity index (χ2n) is 8.50. The second-order valence-corrected chi connectivity index (χ2v) is 8.50. The number of piperazine rings is 1. The van der Waals surface area contributed by atoms with Gasteiger partial charge < -0.3 is 10.2 Å². The molecule has 176 valence electrons. The van der Waals surface area contributed by atoms with E-state index in [0.29, 0.717) is 34.5 Å². The van der Waals surface area contributed by atoms with Gasteiger partial charge in [-0.15, -0.1) is 0 Å². The van der Waals surface area contributed by atoms with Gasteiger partial charge in [-0.1, -0.05) is 18.2 Å². The third-order valence-electron chi connectivity index (χ3n) is 6.08. The maximum Gasteiger partial charge on any atom is 0.416 e. The zero-order chi connectivity index (χ0) is 24.0. The van der Waals surface area contributed by atoms with Gasteiger partial charge in [-0.2, -0.15) is 13.2 Å². The van der Waals surface area contributed by atoms with Crippen LogP contribution in [0.2, 0.25) is 0 Å². The molecule has 34 heavy (non-hydrogen) atoms. The van der Waals surface area contributed by atoms with E-state index in [2.05, 4.69) is 39.0 Å². The number of alkyl halides is 3. The number of fused-ring (bicyclic) bond motifs is 1. The average molecular weight is 470 g/mol. The number of hydrogen-bond donors (Lipinski definition) is 1. The highest BCUT2D eigenvalue weighted by Gasteiger charge is 2.32. The minimum absolute atomic E-state index is 0.0359. The van der Waals surface area contributed by atoms with Crippen LogP contribution in [0.25, 0.3) is 28.0 Å². The molecule has 6 nitrogen and oxygen atoms in total. The van der Waals surface area contributed by atoms with Crippen LogP contribution in [0.15, 0.2) is 55.1 Å². The largest absolute Gasteiger partial charge is 0.416 e. The van der Waals surface area contributed by atoms with E-state index in [-0.39, 0.29) is 17.9 Å². The topological polar surface area (TPSA) is 58.9 Å². The molecule has 10 heteroatoms. The first-order valence-electron chi connectivity index (χ1n) is 10.9. The molecule has 1 fully saturated rings. The second kappa shape index (κ2) is 8.35. The van der Waals surface area contributed by atoms with Crippen LogP contribution in [0, 0.1) is 5.82 Å². The Morgan fingerprint density at radius 2 is 1.82 bits per heavy atom. The SMILES string of the molecule is C[C@@H]1CN(c2ncnc3c2c(-c2ccccc2F)cn3-c2cc(C(F)(F)F)ccn2)[C@@H](C)CN1. The maximum absolute atomic E-state index is 14.9. The van der Waals surface area contributed by atoms with Gasteiger partial charge in [0, 0.05) is 48.7 Å². The molecule has 1 aliphatic heterocycles. The molecular formula is C24H22F4N6. The minimum atomic E-state index is -4.53. The number of rotatable bonds is 3. The molecule has 0 unspecified atom stereocenters. The van der Waals surface area contributed by atoms with Crippen molar-refractivity contribution in [2.75, 3.05) is 18.0 Å². The molecule has 0 aliphatic carbocycles. The van der Waals surface area contributed by atoms with Crippen molar-refractivity contribution in [1.82, 2.24) is 24.8 Å². The van der Waals surface area contributed by atoms with Crippen molar-refractivity contribution in [3.05, 3.63) is 66.5 Å². The number of hydrogen-bond acceptors (Lipinski definition) is 5. The Kier molecular flexibility index (Phi) is 5.47. The molecule has 1 N–H and O–H groups in total. The molecule has 0 saturated carbocycles. The van der Waals surface area contributed by atoms with Gasteiger partial charge in [0.15, 0.2) is 5.65 Å². The molecule has 2 atom stereocenters. The number of anilines is 1. The molecule has 3 aromatic heterocycles. The Labute approximate surface area is 193 Å². The fourth-order valence-electron chi connectivity index (χ4n) is 4.37. The van der Waals surface area contributed by atoms with Crippen LogP contribution in [0.4, 0.5) is 23.4 Å². The van der Waals surface area contributed by atoms with Gasteiger partial charge in [0.1, 0.15) is 23.8 Å². The Morgan fingerprint density at radius 3 is 2.59 bits per heavy atom. The summed E-state index contributed by atoms with van der Waals surface area (Å²) < 4.78 is 56.5. The van der Waals surface area contributed by atoms with Gasteiger partial charge in [-0.3, -0.25) is 4.57 Å². The molecule has 0 radical (unpaired) electrons. The molecule has 4 aromatic rings. The normalized spacial score (nSPS) is 19.1. The summed E-state index contributed by atoms with van der Waals surface area (Å²) in [6.07, 6.45) is -0.456. The van der Waals surface area contributed by atoms with Crippen LogP contribution in [-0.2, 0) is 6.18 Å². The summed E-state index contributed by atoms with van der Waals surface area (Å²) >= 11 is 0. The molecule has 1 aliphatic rings. The fourth-order valence-corrected chi connectivity index (χ4v) is 4.37. The lowest BCUT2D eigenvalue weighted by Gasteiger charge is -2.38. The van der Waals surface area contributed by atoms with E-state index in [0.717, 1.165) is 24.9 Å². The van der Waals surface area contributed by atoms with E-state index in [4.69, 9.17) is 0 Å². The highest BCUT2D eigenvalue weighted by atomic mass is 19.4. The summed E-state index contributed by atoms with van der Waals surface area (Å²) in [7, 11) is 0. The van der Waals surface area contributed by atoms with E-state index >= 15 is 0 Å². The summed E-state index contributed by atoms with van der Waals surface area (Å²) in [5.41, 5.74) is 0.325. The van der Waals surface area contributed by atoms with Crippen LogP contribution in [0.5, 0.6) is 0 Å². The van der Waals surface area contributed by atoms with Crippen LogP contribution < -0.4 is 10.2 Å². The van der Waals surface area contributed by atoms with Crippen molar-refractivity contribution < 1.29 is 17.6 Å². The molecule has 1 saturated heterocycles.